The first-order chi connectivity index (χ1) is 6.36. The molecule has 0 amide bonds. The Bertz CT molecular complexity index is 284. The minimum absolute atomic E-state index is 0.632. The van der Waals surface area contributed by atoms with Gasteiger partial charge in [-0.3, -0.25) is 0 Å². The highest BCUT2D eigenvalue weighted by molar-refractivity contribution is 5.56. The van der Waals surface area contributed by atoms with E-state index in [9.17, 15) is 0 Å². The third-order valence-corrected chi connectivity index (χ3v) is 1.50. The number of methoxy groups -OCH3 is 1. The van der Waals surface area contributed by atoms with Crippen LogP contribution >= 0.6 is 0 Å². The van der Waals surface area contributed by atoms with Crippen LogP contribution in [0.4, 0.5) is 5.69 Å². The van der Waals surface area contributed by atoms with Crippen molar-refractivity contribution in [1.82, 2.24) is 0 Å². The Balaban J connectivity index is 2.66. The molecule has 0 aliphatic rings. The molecule has 0 saturated carbocycles. The van der Waals surface area contributed by atoms with Gasteiger partial charge in [-0.05, 0) is 19.1 Å². The monoisotopic (exact) mass is 179 g/mol. The van der Waals surface area contributed by atoms with Crippen molar-refractivity contribution < 1.29 is 9.47 Å². The number of aliphatic imine (C=N–C) groups is 1. The molecule has 13 heavy (non-hydrogen) atoms. The molecule has 0 heterocycles. The normalized spacial score (nSPS) is 10.3. The predicted molar refractivity (Wildman–Crippen MR) is 52.8 cm³/mol. The van der Waals surface area contributed by atoms with Crippen molar-refractivity contribution in [3.05, 3.63) is 24.3 Å². The minimum Gasteiger partial charge on any atom is -0.497 e. The Kier molecular flexibility index (Phi) is 3.82. The lowest BCUT2D eigenvalue weighted by Crippen LogP contribution is -1.84. The van der Waals surface area contributed by atoms with Crippen molar-refractivity contribution in [2.45, 2.75) is 6.92 Å². The molecule has 1 aromatic rings. The van der Waals surface area contributed by atoms with Crippen LogP contribution in [0.1, 0.15) is 6.92 Å². The van der Waals surface area contributed by atoms with Gasteiger partial charge in [0.1, 0.15) is 5.75 Å². The molecule has 1 aromatic carbocycles. The van der Waals surface area contributed by atoms with E-state index < -0.39 is 0 Å². The molecular weight excluding hydrogens is 166 g/mol. The van der Waals surface area contributed by atoms with E-state index in [1.165, 1.54) is 6.40 Å². The second-order valence-electron chi connectivity index (χ2n) is 2.39. The molecule has 0 unspecified atom stereocenters. The number of hydrogen-bond donors (Lipinski definition) is 0. The van der Waals surface area contributed by atoms with Crippen LogP contribution < -0.4 is 4.74 Å². The van der Waals surface area contributed by atoms with Crippen molar-refractivity contribution in [1.29, 1.82) is 0 Å². The van der Waals surface area contributed by atoms with Crippen molar-refractivity contribution in [3.8, 4) is 5.75 Å². The summed E-state index contributed by atoms with van der Waals surface area (Å²) in [5.74, 6) is 0.797. The largest absolute Gasteiger partial charge is 0.497 e. The molecule has 0 fully saturated rings. The second kappa shape index (κ2) is 5.19. The van der Waals surface area contributed by atoms with E-state index in [1.807, 2.05) is 31.2 Å². The Hall–Kier alpha value is -1.51. The molecule has 3 heteroatoms. The molecule has 3 nitrogen and oxygen atoms in total. The summed E-state index contributed by atoms with van der Waals surface area (Å²) in [4.78, 5) is 4.08. The summed E-state index contributed by atoms with van der Waals surface area (Å²) in [5.41, 5.74) is 0.827. The molecule has 1 rings (SSSR count). The topological polar surface area (TPSA) is 30.8 Å². The highest BCUT2D eigenvalue weighted by Crippen LogP contribution is 2.18. The average molecular weight is 179 g/mol. The van der Waals surface area contributed by atoms with Crippen LogP contribution in [0, 0.1) is 0 Å². The Morgan fingerprint density at radius 2 is 2.31 bits per heavy atom. The molecule has 0 bridgehead atoms. The van der Waals surface area contributed by atoms with Gasteiger partial charge in [-0.2, -0.15) is 0 Å². The van der Waals surface area contributed by atoms with Crippen LogP contribution in [0.15, 0.2) is 29.3 Å². The van der Waals surface area contributed by atoms with Gasteiger partial charge < -0.3 is 9.47 Å². The summed E-state index contributed by atoms with van der Waals surface area (Å²) >= 11 is 0. The van der Waals surface area contributed by atoms with Gasteiger partial charge in [-0.1, -0.05) is 6.07 Å². The summed E-state index contributed by atoms with van der Waals surface area (Å²) in [7, 11) is 1.63. The molecule has 0 spiro atoms. The van der Waals surface area contributed by atoms with E-state index in [4.69, 9.17) is 9.47 Å². The van der Waals surface area contributed by atoms with E-state index in [-0.39, 0.29) is 0 Å². The maximum atomic E-state index is 5.05. The van der Waals surface area contributed by atoms with Gasteiger partial charge in [-0.25, -0.2) is 4.99 Å². The maximum absolute atomic E-state index is 5.05. The molecule has 0 saturated heterocycles. The summed E-state index contributed by atoms with van der Waals surface area (Å²) in [5, 5.41) is 0. The third kappa shape index (κ3) is 3.15. The average Bonchev–Trinajstić information content (AvgIpc) is 2.19. The fourth-order valence-corrected chi connectivity index (χ4v) is 0.863. The van der Waals surface area contributed by atoms with E-state index in [2.05, 4.69) is 4.99 Å². The zero-order valence-corrected chi connectivity index (χ0v) is 7.86. The van der Waals surface area contributed by atoms with E-state index in [0.29, 0.717) is 6.61 Å². The van der Waals surface area contributed by atoms with Crippen molar-refractivity contribution in [2.24, 2.45) is 4.99 Å². The lowest BCUT2D eigenvalue weighted by atomic mass is 10.3. The fraction of sp³-hybridized carbons (Fsp3) is 0.300. The SMILES string of the molecule is CCOC=Nc1cccc(OC)c1. The Labute approximate surface area is 78.0 Å². The number of ether oxygens (including phenoxy) is 2. The summed E-state index contributed by atoms with van der Waals surface area (Å²) in [6.45, 7) is 2.55. The molecular formula is C10H13NO2. The molecule has 0 aliphatic carbocycles. The van der Waals surface area contributed by atoms with E-state index >= 15 is 0 Å². The van der Waals surface area contributed by atoms with Crippen LogP contribution in [-0.2, 0) is 4.74 Å². The quantitative estimate of drug-likeness (QED) is 0.525. The summed E-state index contributed by atoms with van der Waals surface area (Å²) in [6, 6.07) is 7.49. The predicted octanol–water partition coefficient (Wildman–Crippen LogP) is 2.39. The maximum Gasteiger partial charge on any atom is 0.174 e. The fourth-order valence-electron chi connectivity index (χ4n) is 0.863. The standard InChI is InChI=1S/C10H13NO2/c1-3-13-8-11-9-5-4-6-10(7-9)12-2/h4-8H,3H2,1-2H3. The van der Waals surface area contributed by atoms with Gasteiger partial charge in [0.25, 0.3) is 0 Å². The van der Waals surface area contributed by atoms with Crippen molar-refractivity contribution in [3.63, 3.8) is 0 Å². The van der Waals surface area contributed by atoms with Gasteiger partial charge in [-0.15, -0.1) is 0 Å². The summed E-state index contributed by atoms with van der Waals surface area (Å²) < 4.78 is 10.0. The molecule has 0 aromatic heterocycles. The van der Waals surface area contributed by atoms with Crippen molar-refractivity contribution in [2.75, 3.05) is 13.7 Å². The van der Waals surface area contributed by atoms with Crippen LogP contribution in [-0.4, -0.2) is 20.1 Å². The number of rotatable bonds is 4. The van der Waals surface area contributed by atoms with Gasteiger partial charge in [0.05, 0.1) is 19.4 Å². The first-order valence-electron chi connectivity index (χ1n) is 4.15. The van der Waals surface area contributed by atoms with Gasteiger partial charge in [0, 0.05) is 6.07 Å². The lowest BCUT2D eigenvalue weighted by Gasteiger charge is -1.99. The Morgan fingerprint density at radius 1 is 1.46 bits per heavy atom. The van der Waals surface area contributed by atoms with Crippen LogP contribution in [0.3, 0.4) is 0 Å². The molecule has 0 atom stereocenters. The van der Waals surface area contributed by atoms with Gasteiger partial charge in [0.2, 0.25) is 0 Å². The highest BCUT2D eigenvalue weighted by atomic mass is 16.5. The zero-order valence-electron chi connectivity index (χ0n) is 7.86. The van der Waals surface area contributed by atoms with Gasteiger partial charge >= 0.3 is 0 Å². The van der Waals surface area contributed by atoms with Crippen LogP contribution in [0.25, 0.3) is 0 Å². The first kappa shape index (κ1) is 9.58. The van der Waals surface area contributed by atoms with Crippen LogP contribution in [0.2, 0.25) is 0 Å². The summed E-state index contributed by atoms with van der Waals surface area (Å²) in [6.07, 6.45) is 1.44. The van der Waals surface area contributed by atoms with Gasteiger partial charge in [0.15, 0.2) is 6.40 Å². The van der Waals surface area contributed by atoms with Crippen LogP contribution in [0.5, 0.6) is 5.75 Å². The highest BCUT2D eigenvalue weighted by Gasteiger charge is 1.91. The number of nitrogens with zero attached hydrogens (tertiary/aromatic N) is 1. The van der Waals surface area contributed by atoms with E-state index in [0.717, 1.165) is 11.4 Å². The minimum atomic E-state index is 0.632. The molecule has 70 valence electrons. The number of benzene rings is 1. The molecule has 0 aliphatic heterocycles. The lowest BCUT2D eigenvalue weighted by molar-refractivity contribution is 0.344. The second-order valence-corrected chi connectivity index (χ2v) is 2.39. The first-order valence-corrected chi connectivity index (χ1v) is 4.15. The molecule has 0 N–H and O–H groups in total. The molecule has 0 radical (unpaired) electrons. The Morgan fingerprint density at radius 3 is 3.00 bits per heavy atom. The number of hydrogen-bond acceptors (Lipinski definition) is 3. The smallest absolute Gasteiger partial charge is 0.174 e. The van der Waals surface area contributed by atoms with Crippen molar-refractivity contribution >= 4 is 12.1 Å². The zero-order chi connectivity index (χ0) is 9.52. The van der Waals surface area contributed by atoms with E-state index in [1.54, 1.807) is 7.11 Å². The third-order valence-electron chi connectivity index (χ3n) is 1.50.